The Morgan fingerprint density at radius 1 is 1.38 bits per heavy atom. The van der Waals surface area contributed by atoms with Gasteiger partial charge in [-0.15, -0.1) is 0 Å². The van der Waals surface area contributed by atoms with E-state index in [0.29, 0.717) is 24.7 Å². The highest BCUT2D eigenvalue weighted by Gasteiger charge is 2.28. The molecule has 1 fully saturated rings. The van der Waals surface area contributed by atoms with Gasteiger partial charge in [0.15, 0.2) is 0 Å². The minimum Gasteiger partial charge on any atom is -0.497 e. The molecule has 0 aliphatic carbocycles. The molecule has 2 aromatic rings. The summed E-state index contributed by atoms with van der Waals surface area (Å²) in [4.78, 5) is 18.6. The van der Waals surface area contributed by atoms with Gasteiger partial charge in [0, 0.05) is 25.1 Å². The number of carbonyl (C=O) groups excluding carboxylic acids is 1. The smallest absolute Gasteiger partial charge is 0.231 e. The number of benzene rings is 1. The van der Waals surface area contributed by atoms with Crippen LogP contribution in [0, 0.1) is 0 Å². The number of ether oxygens (including phenoxy) is 1. The lowest BCUT2D eigenvalue weighted by molar-refractivity contribution is -0.132. The van der Waals surface area contributed by atoms with Gasteiger partial charge < -0.3 is 14.2 Å². The molecule has 0 spiro atoms. The quantitative estimate of drug-likeness (QED) is 0.842. The van der Waals surface area contributed by atoms with Crippen LogP contribution in [0.1, 0.15) is 44.4 Å². The van der Waals surface area contributed by atoms with Gasteiger partial charge >= 0.3 is 0 Å². The number of nitrogens with zero attached hydrogens (tertiary/aromatic N) is 3. The van der Waals surface area contributed by atoms with Crippen LogP contribution in [0.5, 0.6) is 5.75 Å². The van der Waals surface area contributed by atoms with Gasteiger partial charge in [-0.05, 0) is 43.5 Å². The zero-order valence-corrected chi connectivity index (χ0v) is 14.2. The van der Waals surface area contributed by atoms with Gasteiger partial charge in [0.2, 0.25) is 17.6 Å². The molecule has 24 heavy (non-hydrogen) atoms. The van der Waals surface area contributed by atoms with Crippen LogP contribution in [-0.2, 0) is 4.79 Å². The van der Waals surface area contributed by atoms with Crippen LogP contribution in [0.3, 0.4) is 0 Å². The molecule has 1 amide bonds. The lowest BCUT2D eigenvalue weighted by Gasteiger charge is -2.31. The van der Waals surface area contributed by atoms with Crippen LogP contribution < -0.4 is 4.74 Å². The number of piperidine rings is 1. The van der Waals surface area contributed by atoms with Crippen LogP contribution >= 0.6 is 0 Å². The number of rotatable bonds is 5. The Hall–Kier alpha value is -2.37. The first-order valence-corrected chi connectivity index (χ1v) is 8.47. The van der Waals surface area contributed by atoms with E-state index in [1.165, 1.54) is 0 Å². The zero-order chi connectivity index (χ0) is 16.9. The number of likely N-dealkylation sites (tertiary alicyclic amines) is 1. The van der Waals surface area contributed by atoms with Crippen LogP contribution in [0.2, 0.25) is 0 Å². The third-order valence-electron chi connectivity index (χ3n) is 4.38. The Labute approximate surface area is 141 Å². The Morgan fingerprint density at radius 3 is 2.88 bits per heavy atom. The average Bonchev–Trinajstić information content (AvgIpc) is 3.12. The Balaban J connectivity index is 1.71. The van der Waals surface area contributed by atoms with Crippen LogP contribution in [0.4, 0.5) is 0 Å². The largest absolute Gasteiger partial charge is 0.497 e. The fourth-order valence-electron chi connectivity index (χ4n) is 3.04. The summed E-state index contributed by atoms with van der Waals surface area (Å²) in [6, 6.07) is 7.56. The monoisotopic (exact) mass is 329 g/mol. The third kappa shape index (κ3) is 3.58. The van der Waals surface area contributed by atoms with E-state index in [4.69, 9.17) is 9.26 Å². The molecule has 0 bridgehead atoms. The van der Waals surface area contributed by atoms with Gasteiger partial charge in [-0.1, -0.05) is 12.1 Å². The first-order chi connectivity index (χ1) is 11.7. The van der Waals surface area contributed by atoms with Gasteiger partial charge in [0.25, 0.3) is 0 Å². The SMILES string of the molecule is CCCC(=O)N1CCC[C@@H](c2nc(-c3ccc(OC)cc3)no2)C1. The number of amides is 1. The summed E-state index contributed by atoms with van der Waals surface area (Å²) in [6.07, 6.45) is 3.43. The van der Waals surface area contributed by atoms with E-state index in [9.17, 15) is 4.79 Å². The molecule has 0 N–H and O–H groups in total. The molecule has 1 atom stereocenters. The second-order valence-corrected chi connectivity index (χ2v) is 6.11. The van der Waals surface area contributed by atoms with Crippen molar-refractivity contribution in [3.8, 4) is 17.1 Å². The fraction of sp³-hybridized carbons (Fsp3) is 0.500. The molecule has 6 nitrogen and oxygen atoms in total. The van der Waals surface area contributed by atoms with E-state index in [1.54, 1.807) is 7.11 Å². The summed E-state index contributed by atoms with van der Waals surface area (Å²) in [7, 11) is 1.64. The first-order valence-electron chi connectivity index (χ1n) is 8.47. The minimum absolute atomic E-state index is 0.124. The Bertz CT molecular complexity index is 681. The van der Waals surface area contributed by atoms with Crippen molar-refractivity contribution in [2.75, 3.05) is 20.2 Å². The molecule has 0 radical (unpaired) electrons. The normalized spacial score (nSPS) is 17.8. The van der Waals surface area contributed by atoms with Crippen LogP contribution in [-0.4, -0.2) is 41.1 Å². The van der Waals surface area contributed by atoms with Crippen molar-refractivity contribution in [1.82, 2.24) is 15.0 Å². The van der Waals surface area contributed by atoms with Crippen LogP contribution in [0.15, 0.2) is 28.8 Å². The van der Waals surface area contributed by atoms with E-state index < -0.39 is 0 Å². The van der Waals surface area contributed by atoms with Crippen molar-refractivity contribution in [3.05, 3.63) is 30.2 Å². The first kappa shape index (κ1) is 16.5. The number of aromatic nitrogens is 2. The lowest BCUT2D eigenvalue weighted by atomic mass is 9.97. The topological polar surface area (TPSA) is 68.5 Å². The van der Waals surface area contributed by atoms with E-state index in [0.717, 1.165) is 37.1 Å². The maximum atomic E-state index is 12.1. The van der Waals surface area contributed by atoms with Crippen molar-refractivity contribution < 1.29 is 14.1 Å². The summed E-state index contributed by atoms with van der Waals surface area (Å²) >= 11 is 0. The van der Waals surface area contributed by atoms with Crippen LogP contribution in [0.25, 0.3) is 11.4 Å². The molecule has 1 aliphatic heterocycles. The van der Waals surface area contributed by atoms with Gasteiger partial charge in [-0.3, -0.25) is 4.79 Å². The van der Waals surface area contributed by atoms with E-state index in [2.05, 4.69) is 10.1 Å². The number of hydrogen-bond donors (Lipinski definition) is 0. The molecule has 0 saturated carbocycles. The fourth-order valence-corrected chi connectivity index (χ4v) is 3.04. The number of hydrogen-bond acceptors (Lipinski definition) is 5. The van der Waals surface area contributed by atoms with Gasteiger partial charge in [-0.2, -0.15) is 4.98 Å². The predicted molar refractivity (Wildman–Crippen MR) is 89.7 cm³/mol. The number of methoxy groups -OCH3 is 1. The highest BCUT2D eigenvalue weighted by molar-refractivity contribution is 5.76. The summed E-state index contributed by atoms with van der Waals surface area (Å²) in [6.45, 7) is 3.52. The molecule has 2 heterocycles. The van der Waals surface area contributed by atoms with Crippen molar-refractivity contribution in [3.63, 3.8) is 0 Å². The van der Waals surface area contributed by atoms with Crippen molar-refractivity contribution in [2.45, 2.75) is 38.5 Å². The molecular weight excluding hydrogens is 306 g/mol. The molecule has 128 valence electrons. The molecule has 1 saturated heterocycles. The third-order valence-corrected chi connectivity index (χ3v) is 4.38. The Kier molecular flexibility index (Phi) is 5.13. The average molecular weight is 329 g/mol. The highest BCUT2D eigenvalue weighted by Crippen LogP contribution is 2.28. The molecule has 1 aliphatic rings. The van der Waals surface area contributed by atoms with Gasteiger partial charge in [0.05, 0.1) is 13.0 Å². The Morgan fingerprint density at radius 2 is 2.17 bits per heavy atom. The van der Waals surface area contributed by atoms with E-state index in [1.807, 2.05) is 36.1 Å². The molecule has 0 unspecified atom stereocenters. The van der Waals surface area contributed by atoms with E-state index in [-0.39, 0.29) is 11.8 Å². The zero-order valence-electron chi connectivity index (χ0n) is 14.2. The van der Waals surface area contributed by atoms with Crippen molar-refractivity contribution in [2.24, 2.45) is 0 Å². The maximum Gasteiger partial charge on any atom is 0.231 e. The molecule has 6 heteroatoms. The predicted octanol–water partition coefficient (Wildman–Crippen LogP) is 3.25. The summed E-state index contributed by atoms with van der Waals surface area (Å²) in [5, 5.41) is 4.09. The minimum atomic E-state index is 0.124. The van der Waals surface area contributed by atoms with Gasteiger partial charge in [-0.25, -0.2) is 0 Å². The molecule has 3 rings (SSSR count). The molecular formula is C18H23N3O3. The summed E-state index contributed by atoms with van der Waals surface area (Å²) in [5.74, 6) is 2.33. The lowest BCUT2D eigenvalue weighted by Crippen LogP contribution is -2.39. The standard InChI is InChI=1S/C18H23N3O3/c1-3-5-16(22)21-11-4-6-14(12-21)18-19-17(20-24-18)13-7-9-15(23-2)10-8-13/h7-10,14H,3-6,11-12H2,1-2H3/t14-/m1/s1. The second kappa shape index (κ2) is 7.47. The van der Waals surface area contributed by atoms with Crippen molar-refractivity contribution >= 4 is 5.91 Å². The number of carbonyl (C=O) groups is 1. The summed E-state index contributed by atoms with van der Waals surface area (Å²) < 4.78 is 10.6. The maximum absolute atomic E-state index is 12.1. The van der Waals surface area contributed by atoms with Gasteiger partial charge in [0.1, 0.15) is 5.75 Å². The summed E-state index contributed by atoms with van der Waals surface area (Å²) in [5.41, 5.74) is 0.889. The molecule has 1 aromatic heterocycles. The van der Waals surface area contributed by atoms with Crippen molar-refractivity contribution in [1.29, 1.82) is 0 Å². The molecule has 1 aromatic carbocycles. The van der Waals surface area contributed by atoms with E-state index >= 15 is 0 Å². The highest BCUT2D eigenvalue weighted by atomic mass is 16.5. The second-order valence-electron chi connectivity index (χ2n) is 6.11.